The molecule has 0 aliphatic carbocycles. The Balaban J connectivity index is 2.50. The highest BCUT2D eigenvalue weighted by atomic mass is 16.5. The third-order valence-corrected chi connectivity index (χ3v) is 3.12. The van der Waals surface area contributed by atoms with Gasteiger partial charge in [0, 0.05) is 11.6 Å². The minimum atomic E-state index is -0.0810. The summed E-state index contributed by atoms with van der Waals surface area (Å²) in [7, 11) is 0. The highest BCUT2D eigenvalue weighted by molar-refractivity contribution is 5.78. The Bertz CT molecular complexity index is 381. The van der Waals surface area contributed by atoms with Gasteiger partial charge in [0.05, 0.1) is 18.3 Å². The Kier molecular flexibility index (Phi) is 5.34. The molecule has 1 rings (SSSR count). The average Bonchev–Trinajstić information content (AvgIpc) is 2.65. The Morgan fingerprint density at radius 2 is 2.06 bits per heavy atom. The van der Waals surface area contributed by atoms with Crippen LogP contribution in [0, 0.1) is 13.8 Å². The number of carbonyl (C=O) groups excluding carboxylic acids is 1. The van der Waals surface area contributed by atoms with Crippen LogP contribution in [0.2, 0.25) is 0 Å². The van der Waals surface area contributed by atoms with Gasteiger partial charge < -0.3 is 15.2 Å². The molecule has 102 valence electrons. The molecule has 1 heterocycles. The number of aryl methyl sites for hydroxylation is 2. The second-order valence-corrected chi connectivity index (χ2v) is 4.72. The first-order valence-electron chi connectivity index (χ1n) is 6.41. The maximum absolute atomic E-state index is 11.8. The zero-order chi connectivity index (χ0) is 13.7. The summed E-state index contributed by atoms with van der Waals surface area (Å²) in [4.78, 5) is 11.8. The lowest BCUT2D eigenvalue weighted by Gasteiger charge is -2.15. The maximum atomic E-state index is 11.8. The van der Waals surface area contributed by atoms with Gasteiger partial charge >= 0.3 is 0 Å². The molecular weight excluding hydrogens is 230 g/mol. The number of amides is 1. The number of hydrogen-bond donors (Lipinski definition) is 2. The van der Waals surface area contributed by atoms with Gasteiger partial charge in [0.25, 0.3) is 0 Å². The second kappa shape index (κ2) is 6.54. The van der Waals surface area contributed by atoms with Gasteiger partial charge in [0.15, 0.2) is 0 Å². The van der Waals surface area contributed by atoms with E-state index >= 15 is 0 Å². The Hall–Kier alpha value is -1.36. The molecule has 0 fully saturated rings. The standard InChI is InChI=1S/C13H23N3O2/c1-6-8(2)14-7-12(17)15-9(3)13-10(4)16-18-11(13)5/h8-9,14H,6-7H2,1-5H3,(H,15,17). The third-order valence-electron chi connectivity index (χ3n) is 3.12. The van der Waals surface area contributed by atoms with Crippen molar-refractivity contribution >= 4 is 5.91 Å². The van der Waals surface area contributed by atoms with Gasteiger partial charge in [-0.3, -0.25) is 4.79 Å². The van der Waals surface area contributed by atoms with Crippen molar-refractivity contribution in [3.05, 3.63) is 17.0 Å². The zero-order valence-corrected chi connectivity index (χ0v) is 11.8. The van der Waals surface area contributed by atoms with E-state index in [0.717, 1.165) is 23.4 Å². The molecule has 5 heteroatoms. The lowest BCUT2D eigenvalue weighted by Crippen LogP contribution is -2.38. The Morgan fingerprint density at radius 3 is 2.56 bits per heavy atom. The number of nitrogens with zero attached hydrogens (tertiary/aromatic N) is 1. The fraction of sp³-hybridized carbons (Fsp3) is 0.692. The summed E-state index contributed by atoms with van der Waals surface area (Å²) in [5.41, 5.74) is 1.79. The molecule has 1 aromatic rings. The largest absolute Gasteiger partial charge is 0.361 e. The minimum absolute atomic E-state index is 0.0113. The van der Waals surface area contributed by atoms with Crippen molar-refractivity contribution in [1.29, 1.82) is 0 Å². The third kappa shape index (κ3) is 3.84. The predicted octanol–water partition coefficient (Wildman–Crippen LogP) is 1.86. The van der Waals surface area contributed by atoms with Gasteiger partial charge in [0.1, 0.15) is 5.76 Å². The van der Waals surface area contributed by atoms with Crippen LogP contribution in [0.3, 0.4) is 0 Å². The van der Waals surface area contributed by atoms with E-state index in [0.29, 0.717) is 12.6 Å². The van der Waals surface area contributed by atoms with Gasteiger partial charge in [-0.1, -0.05) is 12.1 Å². The molecule has 0 saturated carbocycles. The van der Waals surface area contributed by atoms with Crippen LogP contribution in [0.4, 0.5) is 0 Å². The molecule has 2 N–H and O–H groups in total. The topological polar surface area (TPSA) is 67.2 Å². The molecule has 0 aromatic carbocycles. The fourth-order valence-corrected chi connectivity index (χ4v) is 1.88. The van der Waals surface area contributed by atoms with Gasteiger partial charge in [-0.05, 0) is 34.1 Å². The van der Waals surface area contributed by atoms with Crippen LogP contribution in [0.5, 0.6) is 0 Å². The number of carbonyl (C=O) groups is 1. The van der Waals surface area contributed by atoms with Gasteiger partial charge in [-0.15, -0.1) is 0 Å². The van der Waals surface area contributed by atoms with E-state index in [1.165, 1.54) is 0 Å². The van der Waals surface area contributed by atoms with Crippen molar-refractivity contribution in [3.8, 4) is 0 Å². The van der Waals surface area contributed by atoms with Gasteiger partial charge in [-0.25, -0.2) is 0 Å². The molecule has 2 unspecified atom stereocenters. The smallest absolute Gasteiger partial charge is 0.234 e. The highest BCUT2D eigenvalue weighted by Crippen LogP contribution is 2.20. The van der Waals surface area contributed by atoms with Crippen molar-refractivity contribution in [3.63, 3.8) is 0 Å². The zero-order valence-electron chi connectivity index (χ0n) is 11.8. The fourth-order valence-electron chi connectivity index (χ4n) is 1.88. The van der Waals surface area contributed by atoms with Crippen LogP contribution < -0.4 is 10.6 Å². The summed E-state index contributed by atoms with van der Waals surface area (Å²) < 4.78 is 5.10. The van der Waals surface area contributed by atoms with Crippen LogP contribution >= 0.6 is 0 Å². The molecule has 18 heavy (non-hydrogen) atoms. The van der Waals surface area contributed by atoms with Crippen molar-refractivity contribution in [2.24, 2.45) is 0 Å². The van der Waals surface area contributed by atoms with Crippen LogP contribution in [0.1, 0.15) is 50.3 Å². The summed E-state index contributed by atoms with van der Waals surface area (Å²) in [6.45, 7) is 10.2. The van der Waals surface area contributed by atoms with Crippen LogP contribution in [0.15, 0.2) is 4.52 Å². The molecule has 0 aliphatic rings. The van der Waals surface area contributed by atoms with Crippen LogP contribution in [0.25, 0.3) is 0 Å². The van der Waals surface area contributed by atoms with Gasteiger partial charge in [-0.2, -0.15) is 0 Å². The molecule has 2 atom stereocenters. The van der Waals surface area contributed by atoms with E-state index in [1.54, 1.807) is 0 Å². The van der Waals surface area contributed by atoms with E-state index in [-0.39, 0.29) is 11.9 Å². The Morgan fingerprint density at radius 1 is 1.39 bits per heavy atom. The van der Waals surface area contributed by atoms with Crippen molar-refractivity contribution < 1.29 is 9.32 Å². The molecule has 1 aromatic heterocycles. The lowest BCUT2D eigenvalue weighted by atomic mass is 10.1. The molecule has 0 radical (unpaired) electrons. The summed E-state index contributed by atoms with van der Waals surface area (Å²) in [5, 5.41) is 9.99. The Labute approximate surface area is 108 Å². The molecule has 0 saturated heterocycles. The van der Waals surface area contributed by atoms with Gasteiger partial charge in [0.2, 0.25) is 5.91 Å². The number of hydrogen-bond acceptors (Lipinski definition) is 4. The van der Waals surface area contributed by atoms with Crippen molar-refractivity contribution in [2.45, 2.75) is 53.1 Å². The molecule has 0 bridgehead atoms. The number of nitrogens with one attached hydrogen (secondary N) is 2. The average molecular weight is 253 g/mol. The molecule has 0 aliphatic heterocycles. The first-order valence-corrected chi connectivity index (χ1v) is 6.41. The number of rotatable bonds is 6. The molecule has 1 amide bonds. The monoisotopic (exact) mass is 253 g/mol. The maximum Gasteiger partial charge on any atom is 0.234 e. The lowest BCUT2D eigenvalue weighted by molar-refractivity contribution is -0.121. The minimum Gasteiger partial charge on any atom is -0.361 e. The number of aromatic nitrogens is 1. The van der Waals surface area contributed by atoms with Crippen LogP contribution in [-0.2, 0) is 4.79 Å². The summed E-state index contributed by atoms with van der Waals surface area (Å²) in [5.74, 6) is 0.748. The summed E-state index contributed by atoms with van der Waals surface area (Å²) in [6, 6.07) is 0.271. The van der Waals surface area contributed by atoms with E-state index in [9.17, 15) is 4.79 Å². The molecule has 0 spiro atoms. The SMILES string of the molecule is CCC(C)NCC(=O)NC(C)c1c(C)noc1C. The van der Waals surface area contributed by atoms with Crippen LogP contribution in [-0.4, -0.2) is 23.7 Å². The molecular formula is C13H23N3O2. The van der Waals surface area contributed by atoms with E-state index in [4.69, 9.17) is 4.52 Å². The second-order valence-electron chi connectivity index (χ2n) is 4.72. The predicted molar refractivity (Wildman–Crippen MR) is 70.3 cm³/mol. The highest BCUT2D eigenvalue weighted by Gasteiger charge is 2.18. The van der Waals surface area contributed by atoms with Crippen molar-refractivity contribution in [2.75, 3.05) is 6.54 Å². The first kappa shape index (κ1) is 14.7. The summed E-state index contributed by atoms with van der Waals surface area (Å²) >= 11 is 0. The molecule has 5 nitrogen and oxygen atoms in total. The quantitative estimate of drug-likeness (QED) is 0.812. The van der Waals surface area contributed by atoms with E-state index in [1.807, 2.05) is 20.8 Å². The summed E-state index contributed by atoms with van der Waals surface area (Å²) in [6.07, 6.45) is 1.01. The van der Waals surface area contributed by atoms with E-state index < -0.39 is 0 Å². The first-order chi connectivity index (χ1) is 8.45. The normalized spacial score (nSPS) is 14.3. The van der Waals surface area contributed by atoms with Crippen molar-refractivity contribution in [1.82, 2.24) is 15.8 Å². The van der Waals surface area contributed by atoms with E-state index in [2.05, 4.69) is 29.6 Å².